The topological polar surface area (TPSA) is 46.5 Å². The van der Waals surface area contributed by atoms with Crippen LogP contribution in [0.4, 0.5) is 10.5 Å². The standard InChI is InChI=1S/C17H20ClN3O2/c1-23-16-14(18)5-4-6-15(16)19-17(22)21-11-7-13(8-12-21)20-9-2-3-10-20/h2-6,9-10,13H,7-8,11-12H2,1H3,(H,19,22). The van der Waals surface area contributed by atoms with E-state index in [1.165, 1.54) is 0 Å². The van der Waals surface area contributed by atoms with Crippen LogP contribution in [0.1, 0.15) is 18.9 Å². The van der Waals surface area contributed by atoms with Crippen LogP contribution < -0.4 is 10.1 Å². The summed E-state index contributed by atoms with van der Waals surface area (Å²) in [5.41, 5.74) is 0.595. The molecule has 0 aliphatic carbocycles. The molecule has 1 fully saturated rings. The molecule has 2 amide bonds. The summed E-state index contributed by atoms with van der Waals surface area (Å²) < 4.78 is 7.48. The van der Waals surface area contributed by atoms with E-state index in [0.29, 0.717) is 22.5 Å². The Labute approximate surface area is 140 Å². The number of methoxy groups -OCH3 is 1. The van der Waals surface area contributed by atoms with Crippen LogP contribution >= 0.6 is 11.6 Å². The second-order valence-electron chi connectivity index (χ2n) is 5.60. The number of halogens is 1. The van der Waals surface area contributed by atoms with Gasteiger partial charge in [0, 0.05) is 31.5 Å². The lowest BCUT2D eigenvalue weighted by atomic mass is 10.1. The number of hydrogen-bond donors (Lipinski definition) is 1. The molecule has 2 aromatic rings. The third kappa shape index (κ3) is 3.45. The first-order valence-corrected chi connectivity index (χ1v) is 8.07. The fraction of sp³-hybridized carbons (Fsp3) is 0.353. The van der Waals surface area contributed by atoms with Crippen molar-refractivity contribution < 1.29 is 9.53 Å². The van der Waals surface area contributed by atoms with E-state index in [1.807, 2.05) is 17.0 Å². The van der Waals surface area contributed by atoms with Crippen LogP contribution in [0, 0.1) is 0 Å². The van der Waals surface area contributed by atoms with Crippen LogP contribution in [-0.4, -0.2) is 35.7 Å². The van der Waals surface area contributed by atoms with Gasteiger partial charge >= 0.3 is 6.03 Å². The van der Waals surface area contributed by atoms with Crippen molar-refractivity contribution in [2.45, 2.75) is 18.9 Å². The summed E-state index contributed by atoms with van der Waals surface area (Å²) in [7, 11) is 1.54. The number of benzene rings is 1. The SMILES string of the molecule is COc1c(Cl)cccc1NC(=O)N1CCC(n2cccc2)CC1. The van der Waals surface area contributed by atoms with Crippen LogP contribution in [-0.2, 0) is 0 Å². The number of likely N-dealkylation sites (tertiary alicyclic amines) is 1. The van der Waals surface area contributed by atoms with Gasteiger partial charge in [0.1, 0.15) is 0 Å². The molecule has 122 valence electrons. The molecule has 0 atom stereocenters. The first-order valence-electron chi connectivity index (χ1n) is 7.70. The Balaban J connectivity index is 1.61. The molecular formula is C17H20ClN3O2. The zero-order chi connectivity index (χ0) is 16.2. The average Bonchev–Trinajstić information content (AvgIpc) is 3.10. The highest BCUT2D eigenvalue weighted by atomic mass is 35.5. The van der Waals surface area contributed by atoms with Crippen molar-refractivity contribution in [3.63, 3.8) is 0 Å². The van der Waals surface area contributed by atoms with Gasteiger partial charge in [-0.15, -0.1) is 0 Å². The van der Waals surface area contributed by atoms with Gasteiger partial charge < -0.3 is 19.5 Å². The van der Waals surface area contributed by atoms with Gasteiger partial charge in [0.05, 0.1) is 17.8 Å². The molecule has 5 nitrogen and oxygen atoms in total. The molecule has 0 unspecified atom stereocenters. The molecule has 1 aromatic carbocycles. The molecule has 0 radical (unpaired) electrons. The maximum Gasteiger partial charge on any atom is 0.321 e. The fourth-order valence-electron chi connectivity index (χ4n) is 2.97. The lowest BCUT2D eigenvalue weighted by Crippen LogP contribution is -2.41. The summed E-state index contributed by atoms with van der Waals surface area (Å²) in [4.78, 5) is 14.3. The molecule has 2 heterocycles. The van der Waals surface area contributed by atoms with E-state index in [-0.39, 0.29) is 6.03 Å². The zero-order valence-corrected chi connectivity index (χ0v) is 13.8. The number of nitrogens with one attached hydrogen (secondary N) is 1. The van der Waals surface area contributed by atoms with Gasteiger partial charge in [-0.3, -0.25) is 0 Å². The Morgan fingerprint density at radius 3 is 2.57 bits per heavy atom. The van der Waals surface area contributed by atoms with Gasteiger partial charge in [-0.25, -0.2) is 4.79 Å². The maximum absolute atomic E-state index is 12.4. The predicted octanol–water partition coefficient (Wildman–Crippen LogP) is 4.02. The summed E-state index contributed by atoms with van der Waals surface area (Å²) >= 11 is 6.08. The summed E-state index contributed by atoms with van der Waals surface area (Å²) in [6, 6.07) is 9.73. The molecular weight excluding hydrogens is 314 g/mol. The molecule has 6 heteroatoms. The largest absolute Gasteiger partial charge is 0.493 e. The Hall–Kier alpha value is -2.14. The molecule has 23 heavy (non-hydrogen) atoms. The van der Waals surface area contributed by atoms with Crippen molar-refractivity contribution in [1.29, 1.82) is 0 Å². The predicted molar refractivity (Wildman–Crippen MR) is 91.3 cm³/mol. The van der Waals surface area contributed by atoms with Crippen molar-refractivity contribution in [1.82, 2.24) is 9.47 Å². The van der Waals surface area contributed by atoms with Crippen LogP contribution in [0.3, 0.4) is 0 Å². The second-order valence-corrected chi connectivity index (χ2v) is 6.01. The number of amides is 2. The number of aromatic nitrogens is 1. The molecule has 0 spiro atoms. The van der Waals surface area contributed by atoms with Crippen LogP contribution in [0.2, 0.25) is 5.02 Å². The van der Waals surface area contributed by atoms with Crippen molar-refractivity contribution >= 4 is 23.3 Å². The fourth-order valence-corrected chi connectivity index (χ4v) is 3.22. The van der Waals surface area contributed by atoms with Crippen molar-refractivity contribution in [2.24, 2.45) is 0 Å². The molecule has 3 rings (SSSR count). The van der Waals surface area contributed by atoms with Crippen molar-refractivity contribution in [3.8, 4) is 5.75 Å². The van der Waals surface area contributed by atoms with Gasteiger partial charge in [0.15, 0.2) is 5.75 Å². The number of hydrogen-bond acceptors (Lipinski definition) is 2. The minimum absolute atomic E-state index is 0.114. The summed E-state index contributed by atoms with van der Waals surface area (Å²) in [5, 5.41) is 3.38. The second kappa shape index (κ2) is 6.96. The molecule has 1 aliphatic heterocycles. The minimum atomic E-state index is -0.114. The molecule has 1 N–H and O–H groups in total. The van der Waals surface area contributed by atoms with E-state index in [2.05, 4.69) is 22.3 Å². The Bertz CT molecular complexity index is 664. The number of nitrogens with zero attached hydrogens (tertiary/aromatic N) is 2. The number of piperidine rings is 1. The molecule has 0 saturated carbocycles. The molecule has 1 saturated heterocycles. The number of anilines is 1. The molecule has 1 aliphatic rings. The maximum atomic E-state index is 12.4. The quantitative estimate of drug-likeness (QED) is 0.922. The zero-order valence-electron chi connectivity index (χ0n) is 13.0. The molecule has 1 aromatic heterocycles. The first-order chi connectivity index (χ1) is 11.2. The number of ether oxygens (including phenoxy) is 1. The van der Waals surface area contributed by atoms with E-state index in [0.717, 1.165) is 25.9 Å². The summed E-state index contributed by atoms with van der Waals surface area (Å²) in [6.07, 6.45) is 6.07. The van der Waals surface area contributed by atoms with Gasteiger partial charge in [0.25, 0.3) is 0 Å². The van der Waals surface area contributed by atoms with E-state index in [9.17, 15) is 4.79 Å². The highest BCUT2D eigenvalue weighted by Crippen LogP contribution is 2.33. The highest BCUT2D eigenvalue weighted by molar-refractivity contribution is 6.32. The Kier molecular flexibility index (Phi) is 4.76. The van der Waals surface area contributed by atoms with Crippen molar-refractivity contribution in [2.75, 3.05) is 25.5 Å². The summed E-state index contributed by atoms with van der Waals surface area (Å²) in [6.45, 7) is 1.47. The lowest BCUT2D eigenvalue weighted by molar-refractivity contribution is 0.184. The van der Waals surface area contributed by atoms with E-state index < -0.39 is 0 Å². The number of rotatable bonds is 3. The molecule has 0 bridgehead atoms. The number of carbonyl (C=O) groups is 1. The number of carbonyl (C=O) groups excluding carboxylic acids is 1. The van der Waals surface area contributed by atoms with Crippen LogP contribution in [0.5, 0.6) is 5.75 Å². The van der Waals surface area contributed by atoms with Crippen LogP contribution in [0.25, 0.3) is 0 Å². The Morgan fingerprint density at radius 1 is 1.22 bits per heavy atom. The first kappa shape index (κ1) is 15.7. The van der Waals surface area contributed by atoms with E-state index >= 15 is 0 Å². The van der Waals surface area contributed by atoms with E-state index in [4.69, 9.17) is 16.3 Å². The van der Waals surface area contributed by atoms with Gasteiger partial charge in [-0.2, -0.15) is 0 Å². The minimum Gasteiger partial charge on any atom is -0.493 e. The average molecular weight is 334 g/mol. The number of urea groups is 1. The normalized spacial score (nSPS) is 15.5. The number of para-hydroxylation sites is 1. The summed E-state index contributed by atoms with van der Waals surface area (Å²) in [5.74, 6) is 0.491. The smallest absolute Gasteiger partial charge is 0.321 e. The van der Waals surface area contributed by atoms with Gasteiger partial charge in [-0.05, 0) is 37.1 Å². The Morgan fingerprint density at radius 2 is 1.91 bits per heavy atom. The van der Waals surface area contributed by atoms with Gasteiger partial charge in [-0.1, -0.05) is 17.7 Å². The third-order valence-corrected chi connectivity index (χ3v) is 4.51. The van der Waals surface area contributed by atoms with Gasteiger partial charge in [0.2, 0.25) is 0 Å². The highest BCUT2D eigenvalue weighted by Gasteiger charge is 2.24. The van der Waals surface area contributed by atoms with Crippen molar-refractivity contribution in [3.05, 3.63) is 47.7 Å². The van der Waals surface area contributed by atoms with Crippen LogP contribution in [0.15, 0.2) is 42.7 Å². The monoisotopic (exact) mass is 333 g/mol. The third-order valence-electron chi connectivity index (χ3n) is 4.21. The van der Waals surface area contributed by atoms with E-state index in [1.54, 1.807) is 25.3 Å². The lowest BCUT2D eigenvalue weighted by Gasteiger charge is -2.32.